The molecule has 0 aliphatic rings. The first kappa shape index (κ1) is 41.9. The Bertz CT molecular complexity index is 752. The molecule has 0 fully saturated rings. The molecule has 0 aromatic rings. The van der Waals surface area contributed by atoms with Crippen LogP contribution in [-0.2, 0) is 19.1 Å². The van der Waals surface area contributed by atoms with Crippen molar-refractivity contribution in [1.29, 1.82) is 0 Å². The van der Waals surface area contributed by atoms with Crippen molar-refractivity contribution in [2.75, 3.05) is 6.54 Å². The summed E-state index contributed by atoms with van der Waals surface area (Å²) in [6.07, 6.45) is 34.1. The fraction of sp³-hybridized carbons (Fsp3) is 0.811. The summed E-state index contributed by atoms with van der Waals surface area (Å²) in [5.41, 5.74) is 5.45. The van der Waals surface area contributed by atoms with E-state index in [2.05, 4.69) is 37.4 Å². The summed E-state index contributed by atoms with van der Waals surface area (Å²) in [6, 6.07) is -0.868. The summed E-state index contributed by atoms with van der Waals surface area (Å²) in [7, 11) is 0. The lowest BCUT2D eigenvalue weighted by molar-refractivity contribution is -0.147. The number of carbonyl (C=O) groups excluding carboxylic acids is 2. The number of aliphatic carboxylic acids is 1. The molecule has 0 rings (SSSR count). The Kier molecular flexibility index (Phi) is 30.7. The molecule has 2 unspecified atom stereocenters. The lowest BCUT2D eigenvalue weighted by atomic mass is 10.1. The summed E-state index contributed by atoms with van der Waals surface area (Å²) in [6.45, 7) is 4.80. The van der Waals surface area contributed by atoms with E-state index < -0.39 is 12.0 Å². The van der Waals surface area contributed by atoms with Gasteiger partial charge >= 0.3 is 11.9 Å². The van der Waals surface area contributed by atoms with Crippen LogP contribution in [0.5, 0.6) is 0 Å². The van der Waals surface area contributed by atoms with Crippen LogP contribution in [0.15, 0.2) is 24.3 Å². The Morgan fingerprint density at radius 3 is 1.82 bits per heavy atom. The smallest absolute Gasteiger partial charge is 0.326 e. The Morgan fingerprint density at radius 2 is 1.23 bits per heavy atom. The topological polar surface area (TPSA) is 119 Å². The molecule has 7 heteroatoms. The number of carboxylic acid groups (broad SMARTS) is 1. The molecule has 0 spiro atoms. The number of nitrogens with one attached hydrogen (secondary N) is 1. The second-order valence-corrected chi connectivity index (χ2v) is 12.3. The standard InChI is InChI=1S/C37H68N2O5/c1-3-5-7-8-9-10-11-12-13-14-15-16-17-18-19-25-31-36(41)44-33(27-22-6-4-2)28-23-20-21-24-30-35(40)39-34(37(42)43)29-26-32-38/h13-14,22,27,33-34H,3-12,15-21,23-26,28-32,38H2,1-2H3,(H,39,40)(H,42,43)/b14-13-,27-22-. The van der Waals surface area contributed by atoms with Crippen LogP contribution >= 0.6 is 0 Å². The maximum Gasteiger partial charge on any atom is 0.326 e. The molecule has 4 N–H and O–H groups in total. The molecule has 0 aliphatic heterocycles. The highest BCUT2D eigenvalue weighted by Crippen LogP contribution is 2.15. The molecule has 0 aromatic carbocycles. The van der Waals surface area contributed by atoms with Gasteiger partial charge in [0.05, 0.1) is 0 Å². The lowest BCUT2D eigenvalue weighted by Crippen LogP contribution is -2.40. The minimum absolute atomic E-state index is 0.108. The summed E-state index contributed by atoms with van der Waals surface area (Å²) in [5.74, 6) is -1.35. The predicted octanol–water partition coefficient (Wildman–Crippen LogP) is 9.33. The maximum absolute atomic E-state index is 12.5. The van der Waals surface area contributed by atoms with Gasteiger partial charge in [0.15, 0.2) is 0 Å². The molecule has 0 saturated carbocycles. The van der Waals surface area contributed by atoms with E-state index in [1.807, 2.05) is 6.08 Å². The number of rotatable bonds is 32. The highest BCUT2D eigenvalue weighted by Gasteiger charge is 2.18. The number of allylic oxidation sites excluding steroid dienone is 3. The highest BCUT2D eigenvalue weighted by molar-refractivity contribution is 5.83. The quantitative estimate of drug-likeness (QED) is 0.0392. The zero-order valence-corrected chi connectivity index (χ0v) is 28.5. The monoisotopic (exact) mass is 621 g/mol. The van der Waals surface area contributed by atoms with Crippen molar-refractivity contribution in [3.63, 3.8) is 0 Å². The average Bonchev–Trinajstić information content (AvgIpc) is 3.00. The van der Waals surface area contributed by atoms with E-state index in [9.17, 15) is 19.5 Å². The Morgan fingerprint density at radius 1 is 0.659 bits per heavy atom. The van der Waals surface area contributed by atoms with Crippen molar-refractivity contribution in [2.24, 2.45) is 5.73 Å². The number of carboxylic acids is 1. The van der Waals surface area contributed by atoms with Crippen LogP contribution in [0.1, 0.15) is 174 Å². The number of unbranched alkanes of at least 4 members (excludes halogenated alkanes) is 16. The average molecular weight is 621 g/mol. The van der Waals surface area contributed by atoms with E-state index >= 15 is 0 Å². The molecule has 44 heavy (non-hydrogen) atoms. The Labute approximate surface area is 270 Å². The van der Waals surface area contributed by atoms with Crippen LogP contribution in [0, 0.1) is 0 Å². The predicted molar refractivity (Wildman–Crippen MR) is 184 cm³/mol. The molecule has 256 valence electrons. The molecule has 2 atom stereocenters. The third-order valence-corrected chi connectivity index (χ3v) is 7.95. The largest absolute Gasteiger partial charge is 0.480 e. The van der Waals surface area contributed by atoms with E-state index in [1.54, 1.807) is 0 Å². The molecule has 0 radical (unpaired) electrons. The van der Waals surface area contributed by atoms with Crippen LogP contribution in [0.4, 0.5) is 0 Å². The molecule has 0 aliphatic carbocycles. The Hall–Kier alpha value is -2.15. The molecule has 0 heterocycles. The molecule has 7 nitrogen and oxygen atoms in total. The van der Waals surface area contributed by atoms with E-state index in [0.717, 1.165) is 57.8 Å². The van der Waals surface area contributed by atoms with Crippen molar-refractivity contribution in [2.45, 2.75) is 187 Å². The van der Waals surface area contributed by atoms with Crippen LogP contribution in [0.3, 0.4) is 0 Å². The van der Waals surface area contributed by atoms with Gasteiger partial charge in [0.2, 0.25) is 5.91 Å². The minimum Gasteiger partial charge on any atom is -0.480 e. The number of hydrogen-bond acceptors (Lipinski definition) is 5. The van der Waals surface area contributed by atoms with Crippen LogP contribution < -0.4 is 11.1 Å². The summed E-state index contributed by atoms with van der Waals surface area (Å²) in [4.78, 5) is 35.9. The first-order chi connectivity index (χ1) is 21.4. The first-order valence-corrected chi connectivity index (χ1v) is 18.2. The fourth-order valence-corrected chi connectivity index (χ4v) is 5.18. The minimum atomic E-state index is -1.02. The molecule has 1 amide bonds. The third-order valence-electron chi connectivity index (χ3n) is 7.95. The SMILES string of the molecule is CCC/C=C\C(CCCCCCC(=O)NC(CCCN)C(=O)O)OC(=O)CCCCCCC/C=C\CCCCCCCCC. The first-order valence-electron chi connectivity index (χ1n) is 18.2. The van der Waals surface area contributed by atoms with Gasteiger partial charge in [0.1, 0.15) is 12.1 Å². The van der Waals surface area contributed by atoms with Gasteiger partial charge in [-0.15, -0.1) is 0 Å². The molecular formula is C37H68N2O5. The Balaban J connectivity index is 3.99. The van der Waals surface area contributed by atoms with Gasteiger partial charge in [0, 0.05) is 12.8 Å². The number of nitrogens with two attached hydrogens (primary N) is 1. The normalized spacial score (nSPS) is 13.0. The zero-order valence-electron chi connectivity index (χ0n) is 28.5. The second-order valence-electron chi connectivity index (χ2n) is 12.3. The molecule has 0 bridgehead atoms. The van der Waals surface area contributed by atoms with Crippen LogP contribution in [0.2, 0.25) is 0 Å². The van der Waals surface area contributed by atoms with Gasteiger partial charge < -0.3 is 20.9 Å². The van der Waals surface area contributed by atoms with Gasteiger partial charge in [-0.05, 0) is 83.2 Å². The van der Waals surface area contributed by atoms with E-state index in [1.165, 1.54) is 70.6 Å². The van der Waals surface area contributed by atoms with Crippen LogP contribution in [0.25, 0.3) is 0 Å². The summed E-state index contributed by atoms with van der Waals surface area (Å²) < 4.78 is 5.80. The molecular weight excluding hydrogens is 552 g/mol. The van der Waals surface area contributed by atoms with Crippen molar-refractivity contribution in [3.05, 3.63) is 24.3 Å². The van der Waals surface area contributed by atoms with Crippen molar-refractivity contribution < 1.29 is 24.2 Å². The van der Waals surface area contributed by atoms with Crippen molar-refractivity contribution in [3.8, 4) is 0 Å². The van der Waals surface area contributed by atoms with E-state index in [-0.39, 0.29) is 18.0 Å². The van der Waals surface area contributed by atoms with E-state index in [4.69, 9.17) is 10.5 Å². The van der Waals surface area contributed by atoms with Crippen LogP contribution in [-0.4, -0.2) is 41.6 Å². The maximum atomic E-state index is 12.5. The highest BCUT2D eigenvalue weighted by atomic mass is 16.5. The summed E-state index contributed by atoms with van der Waals surface area (Å²) >= 11 is 0. The van der Waals surface area contributed by atoms with Gasteiger partial charge in [-0.2, -0.15) is 0 Å². The molecule has 0 aromatic heterocycles. The number of ether oxygens (including phenoxy) is 1. The fourth-order valence-electron chi connectivity index (χ4n) is 5.18. The van der Waals surface area contributed by atoms with E-state index in [0.29, 0.717) is 38.6 Å². The number of amides is 1. The van der Waals surface area contributed by atoms with Crippen molar-refractivity contribution >= 4 is 17.8 Å². The number of carbonyl (C=O) groups is 3. The van der Waals surface area contributed by atoms with Crippen molar-refractivity contribution in [1.82, 2.24) is 5.32 Å². The number of hydrogen-bond donors (Lipinski definition) is 3. The van der Waals surface area contributed by atoms with Gasteiger partial charge in [-0.1, -0.05) is 109 Å². The lowest BCUT2D eigenvalue weighted by Gasteiger charge is -2.15. The zero-order chi connectivity index (χ0) is 32.5. The van der Waals surface area contributed by atoms with Gasteiger partial charge in [-0.25, -0.2) is 4.79 Å². The van der Waals surface area contributed by atoms with Gasteiger partial charge in [-0.3, -0.25) is 9.59 Å². The third kappa shape index (κ3) is 28.6. The summed E-state index contributed by atoms with van der Waals surface area (Å²) in [5, 5.41) is 11.8. The number of esters is 1. The van der Waals surface area contributed by atoms with Gasteiger partial charge in [0.25, 0.3) is 0 Å². The molecule has 0 saturated heterocycles. The second kappa shape index (κ2) is 32.2.